The first-order valence-corrected chi connectivity index (χ1v) is 13.9. The molecule has 1 aliphatic heterocycles. The zero-order valence-corrected chi connectivity index (χ0v) is 23.6. The van der Waals surface area contributed by atoms with Crippen molar-refractivity contribution in [2.45, 2.75) is 70.5 Å². The number of benzene rings is 1. The number of carbonyl (C=O) groups excluding carboxylic acids is 2. The number of nitrogens with two attached hydrogens (primary N) is 2. The molecular weight excluding hydrogens is 478 g/mol. The number of piperazine rings is 1. The molecule has 1 aromatic rings. The predicted octanol–water partition coefficient (Wildman–Crippen LogP) is 2.11. The topological polar surface area (TPSA) is 120 Å². The summed E-state index contributed by atoms with van der Waals surface area (Å²) in [6.45, 7) is 9.02. The minimum Gasteiger partial charge on any atom is -0.353 e. The molecule has 0 radical (unpaired) electrons. The lowest BCUT2D eigenvalue weighted by Crippen LogP contribution is -2.57. The van der Waals surface area contributed by atoms with Crippen LogP contribution in [0.3, 0.4) is 0 Å². The van der Waals surface area contributed by atoms with Gasteiger partial charge in [-0.1, -0.05) is 12.1 Å². The van der Waals surface area contributed by atoms with Gasteiger partial charge in [0.2, 0.25) is 12.3 Å². The maximum absolute atomic E-state index is 12.5. The van der Waals surface area contributed by atoms with Crippen molar-refractivity contribution in [2.75, 3.05) is 44.7 Å². The van der Waals surface area contributed by atoms with Crippen LogP contribution < -0.4 is 21.7 Å². The summed E-state index contributed by atoms with van der Waals surface area (Å²) in [5, 5.41) is 3.78. The van der Waals surface area contributed by atoms with Gasteiger partial charge in [0.25, 0.3) is 0 Å². The van der Waals surface area contributed by atoms with Crippen LogP contribution in [0.15, 0.2) is 41.5 Å². The van der Waals surface area contributed by atoms with Gasteiger partial charge >= 0.3 is 0 Å². The standard InChI is InChI=1S/C29H47N7O2/c1-22(33-25-9-5-24(20-30)6-10-25)19-23-7-11-26(12-8-23)36(21-37)14-13-27(32-4)34-15-17-35(18-16-34)28(38)29(2,3)31/h7-8,11-14,21-22,24-25,33H,5-6,9-10,15-20,30-31H2,1-4H3/b14-13-,32-27?. The van der Waals surface area contributed by atoms with Crippen LogP contribution in [0.2, 0.25) is 0 Å². The van der Waals surface area contributed by atoms with Crippen molar-refractivity contribution in [3.63, 3.8) is 0 Å². The lowest BCUT2D eigenvalue weighted by atomic mass is 9.85. The van der Waals surface area contributed by atoms with E-state index in [1.807, 2.05) is 18.2 Å². The second-order valence-corrected chi connectivity index (χ2v) is 11.3. The van der Waals surface area contributed by atoms with Gasteiger partial charge in [-0.15, -0.1) is 0 Å². The highest BCUT2D eigenvalue weighted by atomic mass is 16.2. The Morgan fingerprint density at radius 1 is 1.13 bits per heavy atom. The Bertz CT molecular complexity index is 954. The Hall–Kier alpha value is -2.75. The molecule has 1 saturated heterocycles. The second kappa shape index (κ2) is 13.9. The molecule has 1 aliphatic carbocycles. The molecule has 1 saturated carbocycles. The molecule has 1 aromatic carbocycles. The Kier molecular flexibility index (Phi) is 10.9. The highest BCUT2D eigenvalue weighted by Crippen LogP contribution is 2.24. The summed E-state index contributed by atoms with van der Waals surface area (Å²) in [5.74, 6) is 1.42. The van der Waals surface area contributed by atoms with Gasteiger partial charge in [-0.3, -0.25) is 19.5 Å². The van der Waals surface area contributed by atoms with Crippen LogP contribution in [-0.2, 0) is 16.0 Å². The molecule has 38 heavy (non-hydrogen) atoms. The van der Waals surface area contributed by atoms with Gasteiger partial charge in [-0.25, -0.2) is 0 Å². The summed E-state index contributed by atoms with van der Waals surface area (Å²) in [5.41, 5.74) is 13.0. The monoisotopic (exact) mass is 525 g/mol. The highest BCUT2D eigenvalue weighted by Gasteiger charge is 2.30. The molecule has 2 fully saturated rings. The molecule has 2 aliphatic rings. The zero-order chi connectivity index (χ0) is 27.7. The van der Waals surface area contributed by atoms with Crippen LogP contribution >= 0.6 is 0 Å². The van der Waals surface area contributed by atoms with Gasteiger partial charge in [0, 0.05) is 57.2 Å². The van der Waals surface area contributed by atoms with E-state index in [1.54, 1.807) is 36.9 Å². The quantitative estimate of drug-likeness (QED) is 0.245. The number of aliphatic imine (C=N–C) groups is 1. The minimum atomic E-state index is -0.873. The third-order valence-corrected chi connectivity index (χ3v) is 7.65. The Labute approximate surface area is 228 Å². The SMILES string of the molecule is CN=C(/C=C\N(C=O)c1ccc(CC(C)NC2CCC(CN)CC2)cc1)N1CCN(C(=O)C(C)(C)N)CC1. The van der Waals surface area contributed by atoms with E-state index in [2.05, 4.69) is 34.3 Å². The van der Waals surface area contributed by atoms with Gasteiger partial charge in [0.1, 0.15) is 5.84 Å². The Balaban J connectivity index is 1.51. The van der Waals surface area contributed by atoms with E-state index in [4.69, 9.17) is 11.5 Å². The first kappa shape index (κ1) is 29.8. The lowest BCUT2D eigenvalue weighted by molar-refractivity contribution is -0.137. The molecule has 0 spiro atoms. The summed E-state index contributed by atoms with van der Waals surface area (Å²) >= 11 is 0. The molecule has 9 nitrogen and oxygen atoms in total. The van der Waals surface area contributed by atoms with E-state index < -0.39 is 5.54 Å². The second-order valence-electron chi connectivity index (χ2n) is 11.3. The van der Waals surface area contributed by atoms with Crippen molar-refractivity contribution in [1.29, 1.82) is 0 Å². The number of nitrogens with zero attached hydrogens (tertiary/aromatic N) is 4. The average Bonchev–Trinajstić information content (AvgIpc) is 2.91. The number of hydrogen-bond acceptors (Lipinski definition) is 6. The van der Waals surface area contributed by atoms with E-state index in [0.29, 0.717) is 44.2 Å². The maximum Gasteiger partial charge on any atom is 0.242 e. The van der Waals surface area contributed by atoms with Gasteiger partial charge in [0.15, 0.2) is 0 Å². The van der Waals surface area contributed by atoms with Gasteiger partial charge in [-0.2, -0.15) is 0 Å². The summed E-state index contributed by atoms with van der Waals surface area (Å²) in [7, 11) is 1.74. The molecule has 210 valence electrons. The first-order valence-electron chi connectivity index (χ1n) is 13.9. The number of amidine groups is 1. The highest BCUT2D eigenvalue weighted by molar-refractivity contribution is 5.94. The minimum absolute atomic E-state index is 0.0435. The lowest BCUT2D eigenvalue weighted by Gasteiger charge is -2.38. The molecule has 2 amide bonds. The van der Waals surface area contributed by atoms with Crippen LogP contribution in [0.5, 0.6) is 0 Å². The molecule has 9 heteroatoms. The van der Waals surface area contributed by atoms with Crippen molar-refractivity contribution >= 4 is 23.8 Å². The van der Waals surface area contributed by atoms with E-state index >= 15 is 0 Å². The van der Waals surface area contributed by atoms with Gasteiger partial charge in [-0.05, 0) is 89.1 Å². The van der Waals surface area contributed by atoms with Crippen LogP contribution in [0, 0.1) is 5.92 Å². The van der Waals surface area contributed by atoms with Crippen molar-refractivity contribution < 1.29 is 9.59 Å². The normalized spacial score (nSPS) is 22.0. The van der Waals surface area contributed by atoms with Crippen molar-refractivity contribution in [2.24, 2.45) is 22.4 Å². The van der Waals surface area contributed by atoms with E-state index in [9.17, 15) is 9.59 Å². The number of nitrogens with one attached hydrogen (secondary N) is 1. The van der Waals surface area contributed by atoms with E-state index in [-0.39, 0.29) is 5.91 Å². The van der Waals surface area contributed by atoms with Crippen molar-refractivity contribution in [3.8, 4) is 0 Å². The first-order chi connectivity index (χ1) is 18.1. The molecule has 1 atom stereocenters. The number of hydrogen-bond donors (Lipinski definition) is 3. The predicted molar refractivity (Wildman–Crippen MR) is 155 cm³/mol. The summed E-state index contributed by atoms with van der Waals surface area (Å²) in [4.78, 5) is 34.2. The fourth-order valence-corrected chi connectivity index (χ4v) is 5.38. The Morgan fingerprint density at radius 2 is 1.74 bits per heavy atom. The third kappa shape index (κ3) is 8.38. The molecule has 0 aromatic heterocycles. The van der Waals surface area contributed by atoms with Crippen molar-refractivity contribution in [3.05, 3.63) is 42.1 Å². The van der Waals surface area contributed by atoms with Crippen molar-refractivity contribution in [1.82, 2.24) is 15.1 Å². The molecule has 0 bridgehead atoms. The molecular formula is C29H47N7O2. The molecule has 1 heterocycles. The number of carbonyl (C=O) groups is 2. The fourth-order valence-electron chi connectivity index (χ4n) is 5.38. The van der Waals surface area contributed by atoms with Gasteiger partial charge in [0.05, 0.1) is 5.54 Å². The average molecular weight is 526 g/mol. The largest absolute Gasteiger partial charge is 0.353 e. The van der Waals surface area contributed by atoms with Crippen LogP contribution in [0.4, 0.5) is 5.69 Å². The molecule has 5 N–H and O–H groups in total. The van der Waals surface area contributed by atoms with E-state index in [0.717, 1.165) is 30.9 Å². The van der Waals surface area contributed by atoms with Gasteiger partial charge < -0.3 is 26.6 Å². The number of amides is 2. The smallest absolute Gasteiger partial charge is 0.242 e. The van der Waals surface area contributed by atoms with E-state index in [1.165, 1.54) is 31.2 Å². The molecule has 1 unspecified atom stereocenters. The van der Waals surface area contributed by atoms with Crippen LogP contribution in [-0.4, -0.2) is 85.3 Å². The number of rotatable bonds is 10. The van der Waals surface area contributed by atoms with Crippen LogP contribution in [0.1, 0.15) is 52.0 Å². The molecule has 3 rings (SSSR count). The fraction of sp³-hybridized carbons (Fsp3) is 0.621. The summed E-state index contributed by atoms with van der Waals surface area (Å²) in [6.07, 6.45) is 10.2. The zero-order valence-electron chi connectivity index (χ0n) is 23.6. The summed E-state index contributed by atoms with van der Waals surface area (Å²) < 4.78 is 0. The van der Waals surface area contributed by atoms with Crippen LogP contribution in [0.25, 0.3) is 0 Å². The maximum atomic E-state index is 12.5. The number of anilines is 1. The third-order valence-electron chi connectivity index (χ3n) is 7.65. The Morgan fingerprint density at radius 3 is 2.26 bits per heavy atom. The summed E-state index contributed by atoms with van der Waals surface area (Å²) in [6, 6.07) is 9.11.